The minimum atomic E-state index is -0.505. The Labute approximate surface area is 119 Å². The smallest absolute Gasteiger partial charge is 0.276 e. The van der Waals surface area contributed by atoms with Crippen LogP contribution in [0.3, 0.4) is 0 Å². The fourth-order valence-electron chi connectivity index (χ4n) is 1.81. The Balaban J connectivity index is 2.04. The van der Waals surface area contributed by atoms with Crippen LogP contribution in [0.25, 0.3) is 6.08 Å². The summed E-state index contributed by atoms with van der Waals surface area (Å²) in [7, 11) is 0. The van der Waals surface area contributed by atoms with Gasteiger partial charge in [-0.25, -0.2) is 0 Å². The van der Waals surface area contributed by atoms with Crippen molar-refractivity contribution in [3.8, 4) is 0 Å². The lowest BCUT2D eigenvalue weighted by Crippen LogP contribution is -2.35. The highest BCUT2D eigenvalue weighted by Gasteiger charge is 2.26. The molecule has 1 atom stereocenters. The number of nitro groups is 1. The number of benzene rings is 1. The lowest BCUT2D eigenvalue weighted by atomic mass is 10.1. The van der Waals surface area contributed by atoms with Crippen LogP contribution in [0, 0.1) is 10.1 Å². The van der Waals surface area contributed by atoms with Gasteiger partial charge >= 0.3 is 0 Å². The number of nitrogens with one attached hydrogen (secondary N) is 1. The molecule has 0 spiro atoms. The summed E-state index contributed by atoms with van der Waals surface area (Å²) in [5.74, 6) is 0.279. The van der Waals surface area contributed by atoms with Crippen LogP contribution in [0.4, 0.5) is 5.69 Å². The number of thioether (sulfide) groups is 1. The third-order valence-electron chi connectivity index (χ3n) is 2.80. The molecule has 0 aromatic heterocycles. The van der Waals surface area contributed by atoms with Crippen LogP contribution in [0.15, 0.2) is 30.3 Å². The van der Waals surface area contributed by atoms with Gasteiger partial charge in [0.2, 0.25) is 11.0 Å². The Kier molecular flexibility index (Phi) is 4.52. The van der Waals surface area contributed by atoms with Crippen molar-refractivity contribution in [3.63, 3.8) is 0 Å². The zero-order valence-electron chi connectivity index (χ0n) is 10.4. The molecule has 0 bridgehead atoms. The summed E-state index contributed by atoms with van der Waals surface area (Å²) < 4.78 is 0. The van der Waals surface area contributed by atoms with Gasteiger partial charge in [-0.1, -0.05) is 23.9 Å². The van der Waals surface area contributed by atoms with Gasteiger partial charge in [-0.05, 0) is 18.6 Å². The van der Waals surface area contributed by atoms with E-state index in [2.05, 4.69) is 5.32 Å². The van der Waals surface area contributed by atoms with Crippen molar-refractivity contribution in [1.29, 1.82) is 0 Å². The van der Waals surface area contributed by atoms with E-state index in [1.165, 1.54) is 30.0 Å². The number of hydrogen-bond acceptors (Lipinski definition) is 5. The molecule has 2 rings (SSSR count). The maximum absolute atomic E-state index is 11.7. The second kappa shape index (κ2) is 6.33. The SMILES string of the molecule is O=C(/C=C/c1ccccc1[N+](=O)[O-])NC1CCSC1=O. The van der Waals surface area contributed by atoms with Crippen LogP contribution in [0.2, 0.25) is 0 Å². The Morgan fingerprint density at radius 3 is 2.85 bits per heavy atom. The Morgan fingerprint density at radius 1 is 1.45 bits per heavy atom. The van der Waals surface area contributed by atoms with E-state index >= 15 is 0 Å². The highest BCUT2D eigenvalue weighted by Crippen LogP contribution is 2.20. The molecule has 7 heteroatoms. The Hall–Kier alpha value is -2.15. The maximum Gasteiger partial charge on any atom is 0.276 e. The molecule has 1 aliphatic rings. The molecule has 1 fully saturated rings. The first kappa shape index (κ1) is 14.3. The molecular formula is C13H12N2O4S. The Bertz CT molecular complexity index is 585. The number of rotatable bonds is 4. The van der Waals surface area contributed by atoms with Gasteiger partial charge < -0.3 is 5.32 Å². The van der Waals surface area contributed by atoms with Crippen molar-refractivity contribution in [1.82, 2.24) is 5.32 Å². The fraction of sp³-hybridized carbons (Fsp3) is 0.231. The van der Waals surface area contributed by atoms with Crippen LogP contribution < -0.4 is 5.32 Å². The summed E-state index contributed by atoms with van der Waals surface area (Å²) in [4.78, 5) is 33.3. The molecule has 1 aliphatic heterocycles. The van der Waals surface area contributed by atoms with Crippen LogP contribution >= 0.6 is 11.8 Å². The van der Waals surface area contributed by atoms with Crippen molar-refractivity contribution in [2.24, 2.45) is 0 Å². The zero-order valence-corrected chi connectivity index (χ0v) is 11.3. The molecule has 1 N–H and O–H groups in total. The second-order valence-electron chi connectivity index (χ2n) is 4.17. The number of nitrogens with zero attached hydrogens (tertiary/aromatic N) is 1. The minimum absolute atomic E-state index is 0.0440. The molecular weight excluding hydrogens is 280 g/mol. The standard InChI is InChI=1S/C13H12N2O4S/c16-12(14-10-7-8-20-13(10)17)6-5-9-3-1-2-4-11(9)15(18)19/h1-6,10H,7-8H2,(H,14,16)/b6-5+. The molecule has 1 aromatic carbocycles. The minimum Gasteiger partial charge on any atom is -0.342 e. The molecule has 0 aliphatic carbocycles. The molecule has 0 radical (unpaired) electrons. The third-order valence-corrected chi connectivity index (χ3v) is 3.81. The van der Waals surface area contributed by atoms with Crippen LogP contribution in [0.5, 0.6) is 0 Å². The summed E-state index contributed by atoms with van der Waals surface area (Å²) in [5, 5.41) is 13.3. The van der Waals surface area contributed by atoms with E-state index in [-0.39, 0.29) is 10.8 Å². The van der Waals surface area contributed by atoms with E-state index in [1.54, 1.807) is 18.2 Å². The number of hydrogen-bond donors (Lipinski definition) is 1. The monoisotopic (exact) mass is 292 g/mol. The molecule has 1 unspecified atom stereocenters. The van der Waals surface area contributed by atoms with E-state index in [4.69, 9.17) is 0 Å². The molecule has 20 heavy (non-hydrogen) atoms. The topological polar surface area (TPSA) is 89.3 Å². The molecule has 1 heterocycles. The average Bonchev–Trinajstić information content (AvgIpc) is 2.82. The fourth-order valence-corrected chi connectivity index (χ4v) is 2.74. The summed E-state index contributed by atoms with van der Waals surface area (Å²) in [6.07, 6.45) is 3.20. The molecule has 6 nitrogen and oxygen atoms in total. The van der Waals surface area contributed by atoms with E-state index < -0.39 is 16.9 Å². The first-order valence-corrected chi connectivity index (χ1v) is 6.95. The number of nitro benzene ring substituents is 1. The van der Waals surface area contributed by atoms with Gasteiger partial charge in [-0.2, -0.15) is 0 Å². The third kappa shape index (κ3) is 3.45. The quantitative estimate of drug-likeness (QED) is 0.519. The Morgan fingerprint density at radius 2 is 2.20 bits per heavy atom. The van der Waals surface area contributed by atoms with E-state index in [0.29, 0.717) is 17.7 Å². The summed E-state index contributed by atoms with van der Waals surface area (Å²) in [6, 6.07) is 5.68. The van der Waals surface area contributed by atoms with Crippen LogP contribution in [-0.4, -0.2) is 27.7 Å². The number of amides is 1. The highest BCUT2D eigenvalue weighted by atomic mass is 32.2. The first-order chi connectivity index (χ1) is 9.58. The predicted molar refractivity (Wildman–Crippen MR) is 76.1 cm³/mol. The van der Waals surface area contributed by atoms with Crippen molar-refractivity contribution in [2.45, 2.75) is 12.5 Å². The lowest BCUT2D eigenvalue weighted by Gasteiger charge is -2.07. The zero-order chi connectivity index (χ0) is 14.5. The summed E-state index contributed by atoms with van der Waals surface area (Å²) >= 11 is 1.20. The lowest BCUT2D eigenvalue weighted by molar-refractivity contribution is -0.385. The summed E-state index contributed by atoms with van der Waals surface area (Å²) in [5.41, 5.74) is 0.281. The van der Waals surface area contributed by atoms with Crippen LogP contribution in [-0.2, 0) is 9.59 Å². The number of para-hydroxylation sites is 1. The maximum atomic E-state index is 11.7. The van der Waals surface area contributed by atoms with Gasteiger partial charge in [-0.15, -0.1) is 0 Å². The molecule has 1 aromatic rings. The molecule has 0 saturated carbocycles. The second-order valence-corrected chi connectivity index (χ2v) is 5.27. The van der Waals surface area contributed by atoms with E-state index in [9.17, 15) is 19.7 Å². The van der Waals surface area contributed by atoms with Gasteiger partial charge in [0.25, 0.3) is 5.69 Å². The molecule has 1 saturated heterocycles. The van der Waals surface area contributed by atoms with Crippen molar-refractivity contribution < 1.29 is 14.5 Å². The van der Waals surface area contributed by atoms with Crippen LogP contribution in [0.1, 0.15) is 12.0 Å². The first-order valence-electron chi connectivity index (χ1n) is 5.96. The van der Waals surface area contributed by atoms with Crippen molar-refractivity contribution in [3.05, 3.63) is 46.0 Å². The van der Waals surface area contributed by atoms with E-state index in [1.807, 2.05) is 0 Å². The predicted octanol–water partition coefficient (Wildman–Crippen LogP) is 1.76. The highest BCUT2D eigenvalue weighted by molar-refractivity contribution is 8.14. The van der Waals surface area contributed by atoms with Gasteiger partial charge in [-0.3, -0.25) is 19.7 Å². The number of carbonyl (C=O) groups excluding carboxylic acids is 2. The van der Waals surface area contributed by atoms with E-state index in [0.717, 1.165) is 0 Å². The summed E-state index contributed by atoms with van der Waals surface area (Å²) in [6.45, 7) is 0. The number of carbonyl (C=O) groups is 2. The van der Waals surface area contributed by atoms with Gasteiger partial charge in [0.1, 0.15) is 0 Å². The average molecular weight is 292 g/mol. The molecule has 104 valence electrons. The van der Waals surface area contributed by atoms with Crippen molar-refractivity contribution >= 4 is 34.5 Å². The van der Waals surface area contributed by atoms with Gasteiger partial charge in [0, 0.05) is 17.9 Å². The normalized spacial score (nSPS) is 18.4. The van der Waals surface area contributed by atoms with Gasteiger partial charge in [0.15, 0.2) is 0 Å². The largest absolute Gasteiger partial charge is 0.342 e. The molecule has 1 amide bonds. The van der Waals surface area contributed by atoms with Gasteiger partial charge in [0.05, 0.1) is 16.5 Å². The van der Waals surface area contributed by atoms with Crippen molar-refractivity contribution in [2.75, 3.05) is 5.75 Å².